The summed E-state index contributed by atoms with van der Waals surface area (Å²) in [6, 6.07) is 5.54. The van der Waals surface area contributed by atoms with E-state index in [9.17, 15) is 13.6 Å². The standard InChI is InChI=1S/C17H16F2N4OS/c1-9-4-5-12(10(2)8-9)15(24)22-17-21-11(3)13(25-17)14-20-6-7-23(14)16(18)19/h4-8,16H,1-3H3,(H,21,22,24). The monoisotopic (exact) mass is 362 g/mol. The van der Waals surface area contributed by atoms with Gasteiger partial charge in [0.15, 0.2) is 11.0 Å². The maximum Gasteiger partial charge on any atom is 0.320 e. The zero-order chi connectivity index (χ0) is 18.1. The highest BCUT2D eigenvalue weighted by molar-refractivity contribution is 7.19. The molecule has 0 atom stereocenters. The third-order valence-electron chi connectivity index (χ3n) is 3.73. The van der Waals surface area contributed by atoms with Gasteiger partial charge in [0.25, 0.3) is 5.91 Å². The van der Waals surface area contributed by atoms with E-state index in [4.69, 9.17) is 0 Å². The van der Waals surface area contributed by atoms with Crippen molar-refractivity contribution in [1.82, 2.24) is 14.5 Å². The first-order valence-corrected chi connectivity index (χ1v) is 8.36. The topological polar surface area (TPSA) is 59.8 Å². The number of carbonyl (C=O) groups is 1. The summed E-state index contributed by atoms with van der Waals surface area (Å²) in [5.74, 6) is -0.146. The summed E-state index contributed by atoms with van der Waals surface area (Å²) >= 11 is 1.12. The molecule has 0 aliphatic carbocycles. The lowest BCUT2D eigenvalue weighted by Crippen LogP contribution is -2.13. The van der Waals surface area contributed by atoms with Gasteiger partial charge >= 0.3 is 6.55 Å². The lowest BCUT2D eigenvalue weighted by atomic mass is 10.1. The molecule has 0 aliphatic heterocycles. The molecule has 0 bridgehead atoms. The van der Waals surface area contributed by atoms with E-state index in [1.54, 1.807) is 13.0 Å². The Morgan fingerprint density at radius 2 is 2.04 bits per heavy atom. The number of aryl methyl sites for hydroxylation is 3. The first-order valence-electron chi connectivity index (χ1n) is 7.54. The van der Waals surface area contributed by atoms with Gasteiger partial charge in [-0.1, -0.05) is 29.0 Å². The van der Waals surface area contributed by atoms with Crippen LogP contribution in [0.5, 0.6) is 0 Å². The van der Waals surface area contributed by atoms with Gasteiger partial charge in [-0.2, -0.15) is 8.78 Å². The second kappa shape index (κ2) is 6.72. The Morgan fingerprint density at radius 3 is 2.72 bits per heavy atom. The smallest absolute Gasteiger partial charge is 0.298 e. The lowest BCUT2D eigenvalue weighted by Gasteiger charge is -2.06. The third kappa shape index (κ3) is 3.43. The molecule has 0 saturated carbocycles. The van der Waals surface area contributed by atoms with Gasteiger partial charge < -0.3 is 0 Å². The van der Waals surface area contributed by atoms with Gasteiger partial charge in [0.2, 0.25) is 0 Å². The number of amides is 1. The summed E-state index contributed by atoms with van der Waals surface area (Å²) in [5, 5.41) is 3.08. The average molecular weight is 362 g/mol. The molecule has 25 heavy (non-hydrogen) atoms. The van der Waals surface area contributed by atoms with Crippen molar-refractivity contribution in [3.05, 3.63) is 53.0 Å². The highest BCUT2D eigenvalue weighted by Gasteiger charge is 2.20. The van der Waals surface area contributed by atoms with Gasteiger partial charge in [-0.15, -0.1) is 0 Å². The Balaban J connectivity index is 1.88. The molecule has 1 N–H and O–H groups in total. The lowest BCUT2D eigenvalue weighted by molar-refractivity contribution is 0.0720. The van der Waals surface area contributed by atoms with Gasteiger partial charge in [0, 0.05) is 18.0 Å². The number of imidazole rings is 1. The van der Waals surface area contributed by atoms with Gasteiger partial charge in [-0.3, -0.25) is 14.7 Å². The third-order valence-corrected chi connectivity index (χ3v) is 4.79. The highest BCUT2D eigenvalue weighted by Crippen LogP contribution is 2.33. The number of alkyl halides is 2. The molecule has 0 aliphatic rings. The second-order valence-corrected chi connectivity index (χ2v) is 6.64. The molecule has 0 saturated heterocycles. The van der Waals surface area contributed by atoms with E-state index in [1.165, 1.54) is 12.4 Å². The van der Waals surface area contributed by atoms with Crippen LogP contribution in [0.25, 0.3) is 10.7 Å². The average Bonchev–Trinajstić information content (AvgIpc) is 3.13. The molecule has 5 nitrogen and oxygen atoms in total. The van der Waals surface area contributed by atoms with Crippen LogP contribution in [0.3, 0.4) is 0 Å². The molecule has 3 rings (SSSR count). The molecule has 2 heterocycles. The van der Waals surface area contributed by atoms with Crippen LogP contribution in [0, 0.1) is 20.8 Å². The molecule has 1 amide bonds. The maximum absolute atomic E-state index is 13.0. The SMILES string of the molecule is Cc1ccc(C(=O)Nc2nc(C)c(-c3nccn3C(F)F)s2)c(C)c1. The van der Waals surface area contributed by atoms with Crippen molar-refractivity contribution in [3.63, 3.8) is 0 Å². The Bertz CT molecular complexity index is 933. The number of hydrogen-bond acceptors (Lipinski definition) is 4. The molecule has 3 aromatic rings. The number of nitrogens with one attached hydrogen (secondary N) is 1. The zero-order valence-corrected chi connectivity index (χ0v) is 14.7. The number of thiazole rings is 1. The number of aromatic nitrogens is 3. The van der Waals surface area contributed by atoms with E-state index in [0.29, 0.717) is 21.3 Å². The number of hydrogen-bond donors (Lipinski definition) is 1. The van der Waals surface area contributed by atoms with Crippen molar-refractivity contribution >= 4 is 22.4 Å². The largest absolute Gasteiger partial charge is 0.320 e. The Hall–Kier alpha value is -2.61. The molecule has 130 valence electrons. The normalized spacial score (nSPS) is 11.1. The Morgan fingerprint density at radius 1 is 1.28 bits per heavy atom. The van der Waals surface area contributed by atoms with Crippen molar-refractivity contribution < 1.29 is 13.6 Å². The minimum atomic E-state index is -2.69. The molecule has 0 spiro atoms. The van der Waals surface area contributed by atoms with Crippen LogP contribution >= 0.6 is 11.3 Å². The molecular weight excluding hydrogens is 346 g/mol. The summed E-state index contributed by atoms with van der Waals surface area (Å²) in [7, 11) is 0. The fraction of sp³-hybridized carbons (Fsp3) is 0.235. The van der Waals surface area contributed by atoms with Crippen molar-refractivity contribution in [2.24, 2.45) is 0 Å². The molecule has 2 aromatic heterocycles. The fourth-order valence-electron chi connectivity index (χ4n) is 2.54. The molecular formula is C17H16F2N4OS. The van der Waals surface area contributed by atoms with E-state index in [1.807, 2.05) is 26.0 Å². The molecule has 1 aromatic carbocycles. The highest BCUT2D eigenvalue weighted by atomic mass is 32.1. The van der Waals surface area contributed by atoms with E-state index >= 15 is 0 Å². The van der Waals surface area contributed by atoms with Crippen LogP contribution in [-0.2, 0) is 0 Å². The van der Waals surface area contributed by atoms with Crippen LogP contribution in [-0.4, -0.2) is 20.4 Å². The first-order chi connectivity index (χ1) is 11.9. The summed E-state index contributed by atoms with van der Waals surface area (Å²) in [4.78, 5) is 21.2. The predicted octanol–water partition coefficient (Wildman–Crippen LogP) is 4.58. The van der Waals surface area contributed by atoms with Crippen LogP contribution in [0.2, 0.25) is 0 Å². The van der Waals surface area contributed by atoms with Crippen LogP contribution in [0.4, 0.5) is 13.9 Å². The second-order valence-electron chi connectivity index (χ2n) is 5.64. The van der Waals surface area contributed by atoms with Gasteiger partial charge in [-0.05, 0) is 32.4 Å². The van der Waals surface area contributed by atoms with Gasteiger partial charge in [0.05, 0.1) is 10.6 Å². The molecule has 0 radical (unpaired) electrons. The Labute approximate surface area is 147 Å². The van der Waals surface area contributed by atoms with Crippen molar-refractivity contribution in [2.75, 3.05) is 5.32 Å². The van der Waals surface area contributed by atoms with Gasteiger partial charge in [-0.25, -0.2) is 9.97 Å². The number of carbonyl (C=O) groups excluding carboxylic acids is 1. The molecule has 8 heteroatoms. The number of benzene rings is 1. The Kier molecular flexibility index (Phi) is 4.63. The van der Waals surface area contributed by atoms with E-state index in [0.717, 1.165) is 27.0 Å². The van der Waals surface area contributed by atoms with Crippen molar-refractivity contribution in [2.45, 2.75) is 27.3 Å². The number of nitrogens with zero attached hydrogens (tertiary/aromatic N) is 3. The fourth-order valence-corrected chi connectivity index (χ4v) is 3.50. The quantitative estimate of drug-likeness (QED) is 0.739. The molecule has 0 unspecified atom stereocenters. The first kappa shape index (κ1) is 17.2. The van der Waals surface area contributed by atoms with Crippen LogP contribution in [0.15, 0.2) is 30.6 Å². The number of rotatable bonds is 4. The number of anilines is 1. The number of halogens is 2. The summed E-state index contributed by atoms with van der Waals surface area (Å²) < 4.78 is 26.8. The van der Waals surface area contributed by atoms with Crippen LogP contribution in [0.1, 0.15) is 33.7 Å². The van der Waals surface area contributed by atoms with E-state index in [2.05, 4.69) is 15.3 Å². The van der Waals surface area contributed by atoms with E-state index in [-0.39, 0.29) is 11.7 Å². The maximum atomic E-state index is 13.0. The van der Waals surface area contributed by atoms with E-state index < -0.39 is 6.55 Å². The zero-order valence-electron chi connectivity index (χ0n) is 13.9. The minimum Gasteiger partial charge on any atom is -0.298 e. The molecule has 0 fully saturated rings. The predicted molar refractivity (Wildman–Crippen MR) is 93.2 cm³/mol. The summed E-state index contributed by atoms with van der Waals surface area (Å²) in [6.07, 6.45) is 2.53. The minimum absolute atomic E-state index is 0.136. The van der Waals surface area contributed by atoms with Crippen molar-refractivity contribution in [3.8, 4) is 10.7 Å². The summed E-state index contributed by atoms with van der Waals surface area (Å²) in [6.45, 7) is 2.83. The summed E-state index contributed by atoms with van der Waals surface area (Å²) in [5.41, 5.74) is 3.02. The van der Waals surface area contributed by atoms with Crippen molar-refractivity contribution in [1.29, 1.82) is 0 Å². The van der Waals surface area contributed by atoms with Crippen LogP contribution < -0.4 is 5.32 Å². The van der Waals surface area contributed by atoms with Gasteiger partial charge in [0.1, 0.15) is 0 Å².